The molecule has 0 atom stereocenters. The predicted molar refractivity (Wildman–Crippen MR) is 105 cm³/mol. The number of hydrogen-bond donors (Lipinski definition) is 1. The molecule has 1 amide bonds. The number of carbonyl (C=O) groups is 1. The van der Waals surface area contributed by atoms with Gasteiger partial charge in [-0.1, -0.05) is 0 Å². The minimum absolute atomic E-state index is 0.0104. The van der Waals surface area contributed by atoms with Crippen LogP contribution in [0.1, 0.15) is 34.4 Å². The first-order valence-corrected chi connectivity index (χ1v) is 10.3. The number of carbonyl (C=O) groups excluding carboxylic acids is 1. The first-order chi connectivity index (χ1) is 15.0. The highest BCUT2D eigenvalue weighted by Crippen LogP contribution is 2.39. The van der Waals surface area contributed by atoms with Crippen molar-refractivity contribution in [1.82, 2.24) is 9.97 Å². The van der Waals surface area contributed by atoms with E-state index in [4.69, 9.17) is 4.74 Å². The third kappa shape index (κ3) is 4.64. The number of hydrogen-bond acceptors (Lipinski definition) is 5. The molecule has 0 spiro atoms. The lowest BCUT2D eigenvalue weighted by molar-refractivity contribution is -0.143. The quantitative estimate of drug-likeness (QED) is 0.497. The number of thiophene rings is 1. The van der Waals surface area contributed by atoms with Crippen molar-refractivity contribution < 1.29 is 35.9 Å². The van der Waals surface area contributed by atoms with Crippen molar-refractivity contribution in [2.24, 2.45) is 0 Å². The number of nitrogens with one attached hydrogen (secondary N) is 1. The predicted octanol–water partition coefficient (Wildman–Crippen LogP) is 5.63. The fraction of sp³-hybridized carbons (Fsp3) is 0.350. The van der Waals surface area contributed by atoms with Gasteiger partial charge < -0.3 is 10.1 Å². The molecule has 0 fully saturated rings. The maximum atomic E-state index is 13.0. The highest BCUT2D eigenvalue weighted by molar-refractivity contribution is 7.18. The van der Waals surface area contributed by atoms with E-state index in [1.807, 2.05) is 5.32 Å². The van der Waals surface area contributed by atoms with Crippen LogP contribution in [0.15, 0.2) is 24.5 Å². The number of halogens is 6. The molecule has 1 aliphatic rings. The van der Waals surface area contributed by atoms with Crippen LogP contribution in [-0.4, -0.2) is 22.5 Å². The van der Waals surface area contributed by atoms with E-state index in [2.05, 4.69) is 9.97 Å². The van der Waals surface area contributed by atoms with Crippen LogP contribution in [0.2, 0.25) is 0 Å². The number of ether oxygens (including phenoxy) is 1. The molecule has 1 N–H and O–H groups in total. The lowest BCUT2D eigenvalue weighted by Gasteiger charge is -2.15. The second kappa shape index (κ2) is 8.23. The van der Waals surface area contributed by atoms with E-state index in [9.17, 15) is 31.1 Å². The van der Waals surface area contributed by atoms with Gasteiger partial charge in [-0.05, 0) is 49.4 Å². The zero-order valence-electron chi connectivity index (χ0n) is 16.2. The molecule has 4 rings (SSSR count). The van der Waals surface area contributed by atoms with Crippen molar-refractivity contribution in [1.29, 1.82) is 0 Å². The summed E-state index contributed by atoms with van der Waals surface area (Å²) in [6.07, 6.45) is -4.97. The average molecular weight is 475 g/mol. The Kier molecular flexibility index (Phi) is 5.74. The highest BCUT2D eigenvalue weighted by Gasteiger charge is 2.37. The lowest BCUT2D eigenvalue weighted by atomic mass is 9.97. The molecule has 3 aromatic rings. The number of benzene rings is 1. The Morgan fingerprint density at radius 2 is 1.66 bits per heavy atom. The third-order valence-electron chi connectivity index (χ3n) is 4.93. The second-order valence-electron chi connectivity index (χ2n) is 7.20. The van der Waals surface area contributed by atoms with Crippen LogP contribution in [0.25, 0.3) is 10.2 Å². The molecule has 1 aliphatic carbocycles. The molecule has 2 aromatic heterocycles. The highest BCUT2D eigenvalue weighted by atomic mass is 32.1. The summed E-state index contributed by atoms with van der Waals surface area (Å²) >= 11 is 1.51. The van der Waals surface area contributed by atoms with Gasteiger partial charge in [0.15, 0.2) is 6.61 Å². The number of aromatic nitrogens is 2. The lowest BCUT2D eigenvalue weighted by Crippen LogP contribution is -2.21. The van der Waals surface area contributed by atoms with Crippen molar-refractivity contribution in [2.45, 2.75) is 38.0 Å². The SMILES string of the molecule is O=C(COc1ncnc2sc3c(c12)CCCC3)Nc1cc(C(F)(F)F)cc(C(F)(F)F)c1. The Labute approximate surface area is 181 Å². The van der Waals surface area contributed by atoms with Crippen LogP contribution >= 0.6 is 11.3 Å². The van der Waals surface area contributed by atoms with E-state index in [1.165, 1.54) is 22.5 Å². The van der Waals surface area contributed by atoms with Gasteiger partial charge in [-0.2, -0.15) is 26.3 Å². The Morgan fingerprint density at radius 1 is 1.00 bits per heavy atom. The van der Waals surface area contributed by atoms with Crippen LogP contribution in [-0.2, 0) is 30.0 Å². The Bertz CT molecular complexity index is 1140. The zero-order chi connectivity index (χ0) is 23.1. The number of alkyl halides is 6. The standard InChI is InChI=1S/C20H15F6N3O2S/c21-19(22,23)10-5-11(20(24,25)26)7-12(6-10)29-15(30)8-31-17-16-13-3-1-2-4-14(13)32-18(16)28-9-27-17/h5-7,9H,1-4,8H2,(H,29,30). The van der Waals surface area contributed by atoms with Crippen molar-refractivity contribution in [2.75, 3.05) is 11.9 Å². The summed E-state index contributed by atoms with van der Waals surface area (Å²) in [7, 11) is 0. The van der Waals surface area contributed by atoms with E-state index in [0.717, 1.165) is 31.2 Å². The summed E-state index contributed by atoms with van der Waals surface area (Å²) in [5, 5.41) is 2.73. The molecule has 5 nitrogen and oxygen atoms in total. The van der Waals surface area contributed by atoms with Gasteiger partial charge in [0.05, 0.1) is 16.5 Å². The maximum Gasteiger partial charge on any atom is 0.416 e. The van der Waals surface area contributed by atoms with Gasteiger partial charge in [0.1, 0.15) is 11.2 Å². The monoisotopic (exact) mass is 475 g/mol. The molecular weight excluding hydrogens is 460 g/mol. The summed E-state index contributed by atoms with van der Waals surface area (Å²) < 4.78 is 83.4. The van der Waals surface area contributed by atoms with Crippen molar-refractivity contribution >= 4 is 33.1 Å². The van der Waals surface area contributed by atoms with Crippen LogP contribution in [0.4, 0.5) is 32.0 Å². The van der Waals surface area contributed by atoms with Crippen molar-refractivity contribution in [3.05, 3.63) is 46.1 Å². The Morgan fingerprint density at radius 3 is 2.31 bits per heavy atom. The van der Waals surface area contributed by atoms with E-state index < -0.39 is 41.7 Å². The summed E-state index contributed by atoms with van der Waals surface area (Å²) in [6, 6.07) is 0.861. The first kappa shape index (κ1) is 22.3. The molecule has 2 heterocycles. The summed E-state index contributed by atoms with van der Waals surface area (Å²) in [5.74, 6) is -0.766. The minimum Gasteiger partial charge on any atom is -0.467 e. The molecule has 0 bridgehead atoms. The molecule has 1 aromatic carbocycles. The molecule has 0 aliphatic heterocycles. The van der Waals surface area contributed by atoms with Crippen molar-refractivity contribution in [3.8, 4) is 5.88 Å². The van der Waals surface area contributed by atoms with Gasteiger partial charge >= 0.3 is 12.4 Å². The summed E-state index contributed by atoms with van der Waals surface area (Å²) in [4.78, 5) is 22.4. The normalized spacial score (nSPS) is 14.3. The summed E-state index contributed by atoms with van der Waals surface area (Å²) in [6.45, 7) is -0.645. The molecule has 0 radical (unpaired) electrons. The van der Waals surface area contributed by atoms with Gasteiger partial charge in [0, 0.05) is 10.6 Å². The minimum atomic E-state index is -5.01. The largest absolute Gasteiger partial charge is 0.467 e. The number of nitrogens with zero attached hydrogens (tertiary/aromatic N) is 2. The van der Waals surface area contributed by atoms with Crippen LogP contribution < -0.4 is 10.1 Å². The molecule has 0 saturated carbocycles. The zero-order valence-corrected chi connectivity index (χ0v) is 17.0. The van der Waals surface area contributed by atoms with Crippen molar-refractivity contribution in [3.63, 3.8) is 0 Å². The second-order valence-corrected chi connectivity index (χ2v) is 8.28. The van der Waals surface area contributed by atoms with Crippen LogP contribution in [0.3, 0.4) is 0 Å². The van der Waals surface area contributed by atoms with Gasteiger partial charge in [-0.25, -0.2) is 9.97 Å². The van der Waals surface area contributed by atoms with Gasteiger partial charge in [-0.15, -0.1) is 11.3 Å². The van der Waals surface area contributed by atoms with E-state index >= 15 is 0 Å². The topological polar surface area (TPSA) is 64.1 Å². The molecule has 32 heavy (non-hydrogen) atoms. The van der Waals surface area contributed by atoms with Crippen LogP contribution in [0.5, 0.6) is 5.88 Å². The fourth-order valence-electron chi connectivity index (χ4n) is 3.53. The number of aryl methyl sites for hydroxylation is 2. The maximum absolute atomic E-state index is 13.0. The molecule has 0 unspecified atom stereocenters. The molecular formula is C20H15F6N3O2S. The third-order valence-corrected chi connectivity index (χ3v) is 6.13. The molecule has 170 valence electrons. The molecule has 0 saturated heterocycles. The molecule has 12 heteroatoms. The van der Waals surface area contributed by atoms with Gasteiger partial charge in [0.2, 0.25) is 5.88 Å². The number of amides is 1. The number of fused-ring (bicyclic) bond motifs is 3. The average Bonchev–Trinajstić information content (AvgIpc) is 3.10. The Hall–Kier alpha value is -2.89. The number of rotatable bonds is 4. The fourth-order valence-corrected chi connectivity index (χ4v) is 4.75. The Balaban J connectivity index is 1.53. The first-order valence-electron chi connectivity index (χ1n) is 9.50. The number of anilines is 1. The van der Waals surface area contributed by atoms with E-state index in [0.29, 0.717) is 22.3 Å². The van der Waals surface area contributed by atoms with Crippen LogP contribution in [0, 0.1) is 0 Å². The van der Waals surface area contributed by atoms with E-state index in [1.54, 1.807) is 0 Å². The summed E-state index contributed by atoms with van der Waals surface area (Å²) in [5.41, 5.74) is -2.63. The smallest absolute Gasteiger partial charge is 0.416 e. The van der Waals surface area contributed by atoms with Gasteiger partial charge in [-0.3, -0.25) is 4.79 Å². The van der Waals surface area contributed by atoms with Gasteiger partial charge in [0.25, 0.3) is 5.91 Å². The van der Waals surface area contributed by atoms with E-state index in [-0.39, 0.29) is 11.9 Å².